The average Bonchev–Trinajstić information content (AvgIpc) is 2.68. The van der Waals surface area contributed by atoms with Gasteiger partial charge >= 0.3 is 6.18 Å². The summed E-state index contributed by atoms with van der Waals surface area (Å²) in [5, 5.41) is 3.61. The minimum atomic E-state index is -4.28. The number of ether oxygens (including phenoxy) is 1. The van der Waals surface area contributed by atoms with Crippen LogP contribution in [0.4, 0.5) is 18.3 Å². The number of nitrogens with one attached hydrogen (secondary N) is 1. The Bertz CT molecular complexity index is 558. The Morgan fingerprint density at radius 2 is 2.16 bits per heavy atom. The molecule has 19 heavy (non-hydrogen) atoms. The summed E-state index contributed by atoms with van der Waals surface area (Å²) in [5.74, 6) is 0. The van der Waals surface area contributed by atoms with Gasteiger partial charge in [-0.2, -0.15) is 13.2 Å². The molecule has 2 rings (SSSR count). The number of fused-ring (bicyclic) bond motifs is 1. The van der Waals surface area contributed by atoms with Gasteiger partial charge in [0.1, 0.15) is 6.61 Å². The fourth-order valence-corrected chi connectivity index (χ4v) is 2.84. The molecule has 0 saturated carbocycles. The molecular weight excluding hydrogens is 345 g/mol. The smallest absolute Gasteiger partial charge is 0.370 e. The molecule has 0 unspecified atom stereocenters. The summed E-state index contributed by atoms with van der Waals surface area (Å²) in [6, 6.07) is 5.71. The zero-order valence-electron chi connectivity index (χ0n) is 9.63. The maximum Gasteiger partial charge on any atom is 0.411 e. The minimum absolute atomic E-state index is 0.0148. The van der Waals surface area contributed by atoms with E-state index in [9.17, 15) is 13.2 Å². The topological polar surface area (TPSA) is 34.1 Å². The van der Waals surface area contributed by atoms with E-state index in [0.717, 1.165) is 14.7 Å². The normalized spacial score (nSPS) is 12.0. The number of hydrogen-bond donors (Lipinski definition) is 1. The second-order valence-electron chi connectivity index (χ2n) is 3.73. The van der Waals surface area contributed by atoms with E-state index in [1.54, 1.807) is 0 Å². The number of thiazole rings is 1. The van der Waals surface area contributed by atoms with Gasteiger partial charge in [0.25, 0.3) is 0 Å². The van der Waals surface area contributed by atoms with Crippen LogP contribution in [0.25, 0.3) is 10.2 Å². The van der Waals surface area contributed by atoms with Gasteiger partial charge in [-0.05, 0) is 18.2 Å². The van der Waals surface area contributed by atoms with Crippen LogP contribution in [0.1, 0.15) is 0 Å². The molecule has 8 heteroatoms. The lowest BCUT2D eigenvalue weighted by Gasteiger charge is -2.07. The van der Waals surface area contributed by atoms with E-state index in [4.69, 9.17) is 0 Å². The second-order valence-corrected chi connectivity index (χ2v) is 5.67. The number of rotatable bonds is 5. The predicted molar refractivity (Wildman–Crippen MR) is 72.7 cm³/mol. The summed E-state index contributed by atoms with van der Waals surface area (Å²) < 4.78 is 41.9. The van der Waals surface area contributed by atoms with E-state index in [2.05, 4.69) is 31.0 Å². The quantitative estimate of drug-likeness (QED) is 0.822. The Hall–Kier alpha value is -0.860. The molecular formula is C11H10BrF3N2OS. The molecule has 0 bridgehead atoms. The van der Waals surface area contributed by atoms with Gasteiger partial charge in [0, 0.05) is 11.0 Å². The zero-order chi connectivity index (χ0) is 13.9. The minimum Gasteiger partial charge on any atom is -0.370 e. The van der Waals surface area contributed by atoms with Crippen molar-refractivity contribution in [2.75, 3.05) is 25.1 Å². The molecule has 1 heterocycles. The van der Waals surface area contributed by atoms with Crippen molar-refractivity contribution in [3.8, 4) is 0 Å². The highest BCUT2D eigenvalue weighted by Crippen LogP contribution is 2.28. The van der Waals surface area contributed by atoms with Crippen molar-refractivity contribution < 1.29 is 17.9 Å². The van der Waals surface area contributed by atoms with Gasteiger partial charge in [-0.3, -0.25) is 0 Å². The molecule has 0 aliphatic heterocycles. The monoisotopic (exact) mass is 354 g/mol. The first-order valence-corrected chi connectivity index (χ1v) is 6.99. The maximum atomic E-state index is 11.8. The summed E-state index contributed by atoms with van der Waals surface area (Å²) >= 11 is 4.81. The molecule has 0 amide bonds. The Kier molecular flexibility index (Phi) is 4.64. The summed E-state index contributed by atoms with van der Waals surface area (Å²) in [7, 11) is 0. The molecule has 3 nitrogen and oxygen atoms in total. The van der Waals surface area contributed by atoms with E-state index in [0.29, 0.717) is 5.13 Å². The Balaban J connectivity index is 1.82. The second kappa shape index (κ2) is 6.06. The van der Waals surface area contributed by atoms with Crippen LogP contribution < -0.4 is 5.32 Å². The highest BCUT2D eigenvalue weighted by Gasteiger charge is 2.27. The standard InChI is InChI=1S/C11H10BrF3N2OS/c12-7-1-2-8-9(5-7)19-10(17-8)16-3-4-18-6-11(13,14)15/h1-2,5H,3-4,6H2,(H,16,17). The van der Waals surface area contributed by atoms with Crippen molar-refractivity contribution in [3.63, 3.8) is 0 Å². The fourth-order valence-electron chi connectivity index (χ4n) is 1.39. The van der Waals surface area contributed by atoms with Crippen LogP contribution in [0.15, 0.2) is 22.7 Å². The van der Waals surface area contributed by atoms with Crippen LogP contribution in [-0.2, 0) is 4.74 Å². The number of anilines is 1. The van der Waals surface area contributed by atoms with E-state index in [-0.39, 0.29) is 13.2 Å². The summed E-state index contributed by atoms with van der Waals surface area (Å²) in [6.07, 6.45) is -4.28. The van der Waals surface area contributed by atoms with Crippen molar-refractivity contribution >= 4 is 42.6 Å². The van der Waals surface area contributed by atoms with Gasteiger partial charge in [-0.1, -0.05) is 27.3 Å². The Morgan fingerprint density at radius 3 is 2.89 bits per heavy atom. The SMILES string of the molecule is FC(F)(F)COCCNc1nc2ccc(Br)cc2s1. The first-order chi connectivity index (χ1) is 8.94. The third kappa shape index (κ3) is 4.63. The lowest BCUT2D eigenvalue weighted by molar-refractivity contribution is -0.172. The van der Waals surface area contributed by atoms with Crippen molar-refractivity contribution in [2.45, 2.75) is 6.18 Å². The van der Waals surface area contributed by atoms with Gasteiger partial charge in [-0.25, -0.2) is 4.98 Å². The number of hydrogen-bond acceptors (Lipinski definition) is 4. The first-order valence-electron chi connectivity index (χ1n) is 5.38. The average molecular weight is 355 g/mol. The molecule has 0 aliphatic carbocycles. The van der Waals surface area contributed by atoms with Gasteiger partial charge in [-0.15, -0.1) is 0 Å². The van der Waals surface area contributed by atoms with Crippen LogP contribution in [-0.4, -0.2) is 30.9 Å². The number of aromatic nitrogens is 1. The van der Waals surface area contributed by atoms with Crippen molar-refractivity contribution in [2.24, 2.45) is 0 Å². The van der Waals surface area contributed by atoms with Crippen LogP contribution >= 0.6 is 27.3 Å². The maximum absolute atomic E-state index is 11.8. The van der Waals surface area contributed by atoms with Crippen LogP contribution in [0.2, 0.25) is 0 Å². The predicted octanol–water partition coefficient (Wildman–Crippen LogP) is 4.05. The molecule has 0 saturated heterocycles. The zero-order valence-corrected chi connectivity index (χ0v) is 12.0. The molecule has 1 N–H and O–H groups in total. The van der Waals surface area contributed by atoms with Crippen molar-refractivity contribution in [1.29, 1.82) is 0 Å². The van der Waals surface area contributed by atoms with Crippen molar-refractivity contribution in [3.05, 3.63) is 22.7 Å². The number of halogens is 4. The van der Waals surface area contributed by atoms with E-state index in [1.165, 1.54) is 11.3 Å². The fraction of sp³-hybridized carbons (Fsp3) is 0.364. The summed E-state index contributed by atoms with van der Waals surface area (Å²) in [6.45, 7) is -0.947. The van der Waals surface area contributed by atoms with Crippen LogP contribution in [0, 0.1) is 0 Å². The Morgan fingerprint density at radius 1 is 1.37 bits per heavy atom. The summed E-state index contributed by atoms with van der Waals surface area (Å²) in [5.41, 5.74) is 0.854. The molecule has 0 radical (unpaired) electrons. The number of nitrogens with zero attached hydrogens (tertiary/aromatic N) is 1. The molecule has 0 fully saturated rings. The highest BCUT2D eigenvalue weighted by molar-refractivity contribution is 9.10. The van der Waals surface area contributed by atoms with E-state index >= 15 is 0 Å². The molecule has 104 valence electrons. The van der Waals surface area contributed by atoms with Gasteiger partial charge in [0.2, 0.25) is 0 Å². The molecule has 0 atom stereocenters. The number of benzene rings is 1. The van der Waals surface area contributed by atoms with Gasteiger partial charge in [0.15, 0.2) is 5.13 Å². The highest BCUT2D eigenvalue weighted by atomic mass is 79.9. The van der Waals surface area contributed by atoms with E-state index in [1.807, 2.05) is 18.2 Å². The van der Waals surface area contributed by atoms with Gasteiger partial charge < -0.3 is 10.1 Å². The summed E-state index contributed by atoms with van der Waals surface area (Å²) in [4.78, 5) is 4.31. The van der Waals surface area contributed by atoms with Crippen LogP contribution in [0.3, 0.4) is 0 Å². The molecule has 1 aromatic carbocycles. The molecule has 0 spiro atoms. The van der Waals surface area contributed by atoms with E-state index < -0.39 is 12.8 Å². The number of alkyl halides is 3. The lowest BCUT2D eigenvalue weighted by Crippen LogP contribution is -2.20. The molecule has 2 aromatic rings. The third-order valence-electron chi connectivity index (χ3n) is 2.14. The molecule has 0 aliphatic rings. The third-order valence-corrected chi connectivity index (χ3v) is 3.61. The largest absolute Gasteiger partial charge is 0.411 e. The first kappa shape index (κ1) is 14.5. The van der Waals surface area contributed by atoms with Crippen molar-refractivity contribution in [1.82, 2.24) is 4.98 Å². The molecule has 1 aromatic heterocycles. The van der Waals surface area contributed by atoms with Crippen LogP contribution in [0.5, 0.6) is 0 Å². The van der Waals surface area contributed by atoms with Gasteiger partial charge in [0.05, 0.1) is 16.8 Å². The lowest BCUT2D eigenvalue weighted by atomic mass is 10.3. The Labute approximate surface area is 119 Å².